The molecule has 0 unspecified atom stereocenters. The molecule has 8 heteroatoms. The van der Waals surface area contributed by atoms with Crippen LogP contribution in [0, 0.1) is 0 Å². The number of anilines is 2. The Balaban J connectivity index is 0.00000200. The van der Waals surface area contributed by atoms with Crippen molar-refractivity contribution in [3.8, 4) is 0 Å². The van der Waals surface area contributed by atoms with Crippen LogP contribution in [-0.2, 0) is 10.3 Å². The summed E-state index contributed by atoms with van der Waals surface area (Å²) in [4.78, 5) is 0. The summed E-state index contributed by atoms with van der Waals surface area (Å²) in [6.07, 6.45) is 0. The maximum Gasteiger partial charge on any atom is 1.00 e. The summed E-state index contributed by atoms with van der Waals surface area (Å²) in [6.45, 7) is 0. The Morgan fingerprint density at radius 1 is 0.900 bits per heavy atom. The molecule has 0 amide bonds. The van der Waals surface area contributed by atoms with Gasteiger partial charge in [0.05, 0.1) is 5.69 Å². The third-order valence-corrected chi connectivity index (χ3v) is 2.47. The maximum atomic E-state index is 10.3. The van der Waals surface area contributed by atoms with E-state index < -0.39 is 10.3 Å². The molecule has 0 saturated heterocycles. The molecule has 20 heavy (non-hydrogen) atoms. The molecule has 0 aliphatic heterocycles. The fourth-order valence-electron chi connectivity index (χ4n) is 1.40. The zero-order chi connectivity index (χ0) is 13.7. The summed E-state index contributed by atoms with van der Waals surface area (Å²) in [5, 5.41) is 6.47. The van der Waals surface area contributed by atoms with E-state index in [2.05, 4.69) is 15.0 Å². The summed E-state index contributed by atoms with van der Waals surface area (Å²) in [6, 6.07) is 16.1. The van der Waals surface area contributed by atoms with Crippen LogP contribution in [0.2, 0.25) is 0 Å². The van der Waals surface area contributed by atoms with Crippen LogP contribution in [-0.4, -0.2) is 13.0 Å². The average Bonchev–Trinajstić information content (AvgIpc) is 2.38. The van der Waals surface area contributed by atoms with Gasteiger partial charge in [-0.15, -0.1) is 5.11 Å². The Bertz CT molecular complexity index is 673. The molecule has 1 N–H and O–H groups in total. The molecule has 0 radical (unpaired) electrons. The monoisotopic (exact) mass is 299 g/mol. The van der Waals surface area contributed by atoms with Gasteiger partial charge in [-0.05, 0) is 36.4 Å². The van der Waals surface area contributed by atoms with Crippen LogP contribution in [0.15, 0.2) is 64.2 Å². The molecule has 2 rings (SSSR count). The summed E-state index contributed by atoms with van der Waals surface area (Å²) < 4.78 is 33.5. The van der Waals surface area contributed by atoms with E-state index in [1.807, 2.05) is 30.3 Å². The summed E-state index contributed by atoms with van der Waals surface area (Å²) >= 11 is 0. The van der Waals surface area contributed by atoms with E-state index in [0.29, 0.717) is 0 Å². The van der Waals surface area contributed by atoms with E-state index in [-0.39, 0.29) is 35.2 Å². The van der Waals surface area contributed by atoms with Gasteiger partial charge in [-0.3, -0.25) is 0 Å². The molecule has 0 aromatic heterocycles. The Labute approximate surface area is 139 Å². The van der Waals surface area contributed by atoms with Crippen LogP contribution in [0.25, 0.3) is 0 Å². The second-order valence-corrected chi connectivity index (χ2v) is 4.67. The Morgan fingerprint density at radius 3 is 2.00 bits per heavy atom. The number of nitrogens with one attached hydrogen (secondary N) is 1. The van der Waals surface area contributed by atoms with Crippen LogP contribution in [0.5, 0.6) is 0 Å². The second-order valence-electron chi connectivity index (χ2n) is 3.65. The summed E-state index contributed by atoms with van der Waals surface area (Å²) in [5.74, 6) is 0. The van der Waals surface area contributed by atoms with Gasteiger partial charge >= 0.3 is 29.6 Å². The molecule has 6 nitrogen and oxygen atoms in total. The molecule has 0 bridgehead atoms. The third kappa shape index (κ3) is 5.81. The molecule has 0 fully saturated rings. The zero-order valence-electron chi connectivity index (χ0n) is 10.7. The number of nitrogens with zero attached hydrogens (tertiary/aromatic N) is 2. The van der Waals surface area contributed by atoms with Crippen molar-refractivity contribution in [2.45, 2.75) is 0 Å². The molecule has 2 aromatic carbocycles. The summed E-state index contributed by atoms with van der Waals surface area (Å²) in [7, 11) is -4.69. The standard InChI is InChI=1S/C12H11N3O3S.Na/c16-19(17,18)15-14-12-8-6-11(7-9-12)13-10-4-2-1-3-5-10;/h1-9,13H,(H,16,17,18);/q;+1/p-1. The number of rotatable bonds is 4. The predicted octanol–water partition coefficient (Wildman–Crippen LogP) is -0.0219. The fourth-order valence-corrected chi connectivity index (χ4v) is 1.59. The van der Waals surface area contributed by atoms with Gasteiger partial charge in [0.1, 0.15) is 0 Å². The van der Waals surface area contributed by atoms with Gasteiger partial charge in [0.2, 0.25) is 10.3 Å². The second kappa shape index (κ2) is 7.51. The predicted molar refractivity (Wildman–Crippen MR) is 70.4 cm³/mol. The van der Waals surface area contributed by atoms with E-state index in [9.17, 15) is 13.0 Å². The number of hydrogen-bond donors (Lipinski definition) is 1. The van der Waals surface area contributed by atoms with Crippen LogP contribution < -0.4 is 34.9 Å². The maximum absolute atomic E-state index is 10.3. The Kier molecular flexibility index (Phi) is 6.31. The molecule has 0 saturated carbocycles. The molecular formula is C12H10N3NaO3S. The van der Waals surface area contributed by atoms with E-state index in [1.54, 1.807) is 24.3 Å². The van der Waals surface area contributed by atoms with Crippen molar-refractivity contribution in [2.75, 3.05) is 5.32 Å². The SMILES string of the molecule is O=S(=O)([O-])N=Nc1ccc(Nc2ccccc2)cc1.[Na+]. The van der Waals surface area contributed by atoms with E-state index >= 15 is 0 Å². The van der Waals surface area contributed by atoms with Crippen LogP contribution in [0.3, 0.4) is 0 Å². The normalized spacial score (nSPS) is 11.1. The van der Waals surface area contributed by atoms with Crippen molar-refractivity contribution in [3.05, 3.63) is 54.6 Å². The van der Waals surface area contributed by atoms with Crippen molar-refractivity contribution in [1.29, 1.82) is 0 Å². The molecular weight excluding hydrogens is 289 g/mol. The quantitative estimate of drug-likeness (QED) is 0.487. The molecule has 0 atom stereocenters. The van der Waals surface area contributed by atoms with Crippen molar-refractivity contribution in [3.63, 3.8) is 0 Å². The van der Waals surface area contributed by atoms with Crippen molar-refractivity contribution in [2.24, 2.45) is 9.63 Å². The molecule has 0 heterocycles. The smallest absolute Gasteiger partial charge is 0.728 e. The first-order valence-electron chi connectivity index (χ1n) is 5.34. The van der Waals surface area contributed by atoms with Crippen LogP contribution in [0.1, 0.15) is 0 Å². The third-order valence-electron chi connectivity index (χ3n) is 2.19. The van der Waals surface area contributed by atoms with E-state index in [4.69, 9.17) is 0 Å². The molecule has 0 aliphatic carbocycles. The van der Waals surface area contributed by atoms with Crippen molar-refractivity contribution in [1.82, 2.24) is 0 Å². The minimum absolute atomic E-state index is 0. The molecule has 2 aromatic rings. The first kappa shape index (κ1) is 16.8. The number of para-hydroxylation sites is 1. The molecule has 0 spiro atoms. The van der Waals surface area contributed by atoms with Crippen molar-refractivity contribution < 1.29 is 42.5 Å². The van der Waals surface area contributed by atoms with Gasteiger partial charge < -0.3 is 9.87 Å². The van der Waals surface area contributed by atoms with Gasteiger partial charge in [0, 0.05) is 11.4 Å². The van der Waals surface area contributed by atoms with Gasteiger partial charge in [0.15, 0.2) is 0 Å². The van der Waals surface area contributed by atoms with Gasteiger partial charge in [-0.2, -0.15) is 0 Å². The minimum atomic E-state index is -4.69. The Hall–Kier alpha value is -1.25. The van der Waals surface area contributed by atoms with Crippen molar-refractivity contribution >= 4 is 27.4 Å². The van der Waals surface area contributed by atoms with Gasteiger partial charge in [0.25, 0.3) is 0 Å². The van der Waals surface area contributed by atoms with Crippen LogP contribution in [0.4, 0.5) is 17.1 Å². The first-order valence-corrected chi connectivity index (χ1v) is 6.70. The topological polar surface area (TPSA) is 94.0 Å². The largest absolute Gasteiger partial charge is 1.00 e. The molecule has 98 valence electrons. The molecule has 0 aliphatic rings. The van der Waals surface area contributed by atoms with E-state index in [1.165, 1.54) is 0 Å². The number of hydrogen-bond acceptors (Lipinski definition) is 5. The zero-order valence-corrected chi connectivity index (χ0v) is 13.5. The minimum Gasteiger partial charge on any atom is -0.728 e. The van der Waals surface area contributed by atoms with Crippen LogP contribution >= 0.6 is 0 Å². The Morgan fingerprint density at radius 2 is 1.45 bits per heavy atom. The van der Waals surface area contributed by atoms with E-state index in [0.717, 1.165) is 11.4 Å². The summed E-state index contributed by atoms with van der Waals surface area (Å²) in [5.41, 5.74) is 2.03. The van der Waals surface area contributed by atoms with Gasteiger partial charge in [-0.25, -0.2) is 8.42 Å². The fraction of sp³-hybridized carbons (Fsp3) is 0. The first-order chi connectivity index (χ1) is 9.03. The number of benzene rings is 2. The average molecular weight is 299 g/mol. The van der Waals surface area contributed by atoms with Gasteiger partial charge in [-0.1, -0.05) is 22.7 Å².